The Morgan fingerprint density at radius 1 is 1.11 bits per heavy atom. The summed E-state index contributed by atoms with van der Waals surface area (Å²) in [6.07, 6.45) is 4.52. The molecule has 3 nitrogen and oxygen atoms in total. The Balaban J connectivity index is 2.20. The highest BCUT2D eigenvalue weighted by Gasteiger charge is 2.10. The lowest BCUT2D eigenvalue weighted by Gasteiger charge is -2.16. The van der Waals surface area contributed by atoms with Crippen LogP contribution in [0.1, 0.15) is 28.3 Å². The fraction of sp³-hybridized carbons (Fsp3) is 0.333. The molecule has 0 spiro atoms. The molecule has 18 heavy (non-hydrogen) atoms. The minimum Gasteiger partial charge on any atom is -0.313 e. The fourth-order valence-corrected chi connectivity index (χ4v) is 2.32. The number of benzene rings is 1. The SMILES string of the molecule is CNC(Cc1cc(C)cc(C)c1)c1ccnnc1. The monoisotopic (exact) mass is 241 g/mol. The molecule has 94 valence electrons. The van der Waals surface area contributed by atoms with Gasteiger partial charge in [-0.05, 0) is 44.5 Å². The van der Waals surface area contributed by atoms with Crippen molar-refractivity contribution >= 4 is 0 Å². The van der Waals surface area contributed by atoms with Crippen LogP contribution in [0, 0.1) is 13.8 Å². The molecular formula is C15H19N3. The molecule has 1 N–H and O–H groups in total. The zero-order chi connectivity index (χ0) is 13.0. The van der Waals surface area contributed by atoms with Crippen molar-refractivity contribution in [3.05, 3.63) is 58.9 Å². The van der Waals surface area contributed by atoms with Gasteiger partial charge in [-0.1, -0.05) is 29.3 Å². The lowest BCUT2D eigenvalue weighted by atomic mass is 9.98. The molecule has 2 aromatic rings. The summed E-state index contributed by atoms with van der Waals surface area (Å²) < 4.78 is 0. The van der Waals surface area contributed by atoms with Gasteiger partial charge in [0.25, 0.3) is 0 Å². The van der Waals surface area contributed by atoms with Crippen LogP contribution < -0.4 is 5.32 Å². The van der Waals surface area contributed by atoms with E-state index in [1.807, 2.05) is 19.3 Å². The van der Waals surface area contributed by atoms with Gasteiger partial charge >= 0.3 is 0 Å². The van der Waals surface area contributed by atoms with Crippen LogP contribution in [-0.2, 0) is 6.42 Å². The second-order valence-corrected chi connectivity index (χ2v) is 4.72. The van der Waals surface area contributed by atoms with E-state index >= 15 is 0 Å². The van der Waals surface area contributed by atoms with E-state index < -0.39 is 0 Å². The highest BCUT2D eigenvalue weighted by atomic mass is 15.1. The topological polar surface area (TPSA) is 37.8 Å². The molecule has 0 saturated heterocycles. The van der Waals surface area contributed by atoms with E-state index in [4.69, 9.17) is 0 Å². The Kier molecular flexibility index (Phi) is 4.05. The van der Waals surface area contributed by atoms with E-state index in [9.17, 15) is 0 Å². The van der Waals surface area contributed by atoms with E-state index in [1.165, 1.54) is 22.3 Å². The second-order valence-electron chi connectivity index (χ2n) is 4.72. The first kappa shape index (κ1) is 12.7. The van der Waals surface area contributed by atoms with Crippen LogP contribution in [-0.4, -0.2) is 17.2 Å². The third kappa shape index (κ3) is 3.14. The van der Waals surface area contributed by atoms with Gasteiger partial charge in [0, 0.05) is 12.2 Å². The zero-order valence-electron chi connectivity index (χ0n) is 11.1. The molecule has 1 atom stereocenters. The molecule has 2 rings (SSSR count). The lowest BCUT2D eigenvalue weighted by Crippen LogP contribution is -2.19. The highest BCUT2D eigenvalue weighted by molar-refractivity contribution is 5.30. The quantitative estimate of drug-likeness (QED) is 0.894. The molecule has 0 radical (unpaired) electrons. The molecule has 0 saturated carbocycles. The van der Waals surface area contributed by atoms with Gasteiger partial charge in [-0.2, -0.15) is 10.2 Å². The lowest BCUT2D eigenvalue weighted by molar-refractivity contribution is 0.587. The molecule has 0 aliphatic carbocycles. The van der Waals surface area contributed by atoms with Crippen LogP contribution in [0.15, 0.2) is 36.7 Å². The Hall–Kier alpha value is -1.74. The standard InChI is InChI=1S/C15H19N3/c1-11-6-12(2)8-13(7-11)9-15(16-3)14-4-5-17-18-10-14/h4-8,10,15-16H,9H2,1-3H3. The maximum Gasteiger partial charge on any atom is 0.0544 e. The third-order valence-corrected chi connectivity index (χ3v) is 3.08. The summed E-state index contributed by atoms with van der Waals surface area (Å²) in [7, 11) is 1.98. The minimum absolute atomic E-state index is 0.279. The summed E-state index contributed by atoms with van der Waals surface area (Å²) in [5.41, 5.74) is 5.15. The van der Waals surface area contributed by atoms with Gasteiger partial charge in [-0.25, -0.2) is 0 Å². The molecule has 1 unspecified atom stereocenters. The number of aromatic nitrogens is 2. The van der Waals surface area contributed by atoms with Crippen molar-refractivity contribution in [1.82, 2.24) is 15.5 Å². The number of hydrogen-bond acceptors (Lipinski definition) is 3. The van der Waals surface area contributed by atoms with Crippen molar-refractivity contribution in [2.24, 2.45) is 0 Å². The van der Waals surface area contributed by atoms with Crippen LogP contribution in [0.25, 0.3) is 0 Å². The van der Waals surface area contributed by atoms with Crippen LogP contribution in [0.2, 0.25) is 0 Å². The van der Waals surface area contributed by atoms with Crippen LogP contribution >= 0.6 is 0 Å². The fourth-order valence-electron chi connectivity index (χ4n) is 2.32. The Morgan fingerprint density at radius 2 is 1.83 bits per heavy atom. The molecule has 0 aliphatic rings. The van der Waals surface area contributed by atoms with Gasteiger partial charge in [-0.15, -0.1) is 0 Å². The van der Waals surface area contributed by atoms with Gasteiger partial charge < -0.3 is 5.32 Å². The minimum atomic E-state index is 0.279. The summed E-state index contributed by atoms with van der Waals surface area (Å²) >= 11 is 0. The summed E-state index contributed by atoms with van der Waals surface area (Å²) in [5.74, 6) is 0. The smallest absolute Gasteiger partial charge is 0.0544 e. The summed E-state index contributed by atoms with van der Waals surface area (Å²) in [4.78, 5) is 0. The second kappa shape index (κ2) is 5.74. The Labute approximate surface area is 108 Å². The largest absolute Gasteiger partial charge is 0.313 e. The number of hydrogen-bond donors (Lipinski definition) is 1. The molecule has 1 aromatic carbocycles. The van der Waals surface area contributed by atoms with Crippen molar-refractivity contribution in [2.75, 3.05) is 7.05 Å². The molecule has 3 heteroatoms. The molecule has 0 bridgehead atoms. The number of aryl methyl sites for hydroxylation is 2. The number of nitrogens with one attached hydrogen (secondary N) is 1. The predicted molar refractivity (Wildman–Crippen MR) is 73.5 cm³/mol. The van der Waals surface area contributed by atoms with Gasteiger partial charge in [0.15, 0.2) is 0 Å². The van der Waals surface area contributed by atoms with E-state index in [0.29, 0.717) is 0 Å². The molecule has 1 heterocycles. The van der Waals surface area contributed by atoms with E-state index in [0.717, 1.165) is 6.42 Å². The number of rotatable bonds is 4. The van der Waals surface area contributed by atoms with E-state index in [-0.39, 0.29) is 6.04 Å². The maximum atomic E-state index is 3.94. The van der Waals surface area contributed by atoms with E-state index in [1.54, 1.807) is 6.20 Å². The summed E-state index contributed by atoms with van der Waals surface area (Å²) in [6, 6.07) is 8.97. The molecule has 0 aliphatic heterocycles. The maximum absolute atomic E-state index is 3.94. The number of likely N-dealkylation sites (N-methyl/N-ethyl adjacent to an activating group) is 1. The first-order valence-electron chi connectivity index (χ1n) is 6.20. The first-order valence-corrected chi connectivity index (χ1v) is 6.20. The van der Waals surface area contributed by atoms with Gasteiger partial charge in [0.2, 0.25) is 0 Å². The molecule has 0 fully saturated rings. The highest BCUT2D eigenvalue weighted by Crippen LogP contribution is 2.18. The van der Waals surface area contributed by atoms with Crippen molar-refractivity contribution in [3.8, 4) is 0 Å². The molecular weight excluding hydrogens is 222 g/mol. The Bertz CT molecular complexity index is 488. The van der Waals surface area contributed by atoms with Crippen molar-refractivity contribution in [1.29, 1.82) is 0 Å². The van der Waals surface area contributed by atoms with Gasteiger partial charge in [-0.3, -0.25) is 0 Å². The van der Waals surface area contributed by atoms with Crippen molar-refractivity contribution < 1.29 is 0 Å². The van der Waals surface area contributed by atoms with Crippen LogP contribution in [0.3, 0.4) is 0 Å². The van der Waals surface area contributed by atoms with E-state index in [2.05, 4.69) is 47.6 Å². The average molecular weight is 241 g/mol. The van der Waals surface area contributed by atoms with Gasteiger partial charge in [0.1, 0.15) is 0 Å². The Morgan fingerprint density at radius 3 is 2.39 bits per heavy atom. The van der Waals surface area contributed by atoms with Crippen molar-refractivity contribution in [2.45, 2.75) is 26.3 Å². The molecule has 0 amide bonds. The number of nitrogens with zero attached hydrogens (tertiary/aromatic N) is 2. The normalized spacial score (nSPS) is 12.4. The predicted octanol–water partition coefficient (Wildman–Crippen LogP) is 2.60. The zero-order valence-corrected chi connectivity index (χ0v) is 11.1. The molecule has 1 aromatic heterocycles. The van der Waals surface area contributed by atoms with Crippen LogP contribution in [0.5, 0.6) is 0 Å². The third-order valence-electron chi connectivity index (χ3n) is 3.08. The summed E-state index contributed by atoms with van der Waals surface area (Å²) in [6.45, 7) is 4.28. The van der Waals surface area contributed by atoms with Gasteiger partial charge in [0.05, 0.1) is 6.20 Å². The first-order chi connectivity index (χ1) is 8.69. The summed E-state index contributed by atoms with van der Waals surface area (Å²) in [5, 5.41) is 11.1. The van der Waals surface area contributed by atoms with Crippen molar-refractivity contribution in [3.63, 3.8) is 0 Å². The average Bonchev–Trinajstić information content (AvgIpc) is 2.36. The van der Waals surface area contributed by atoms with Crippen LogP contribution in [0.4, 0.5) is 0 Å².